The highest BCUT2D eigenvalue weighted by atomic mass is 16.4. The molecule has 1 fully saturated rings. The average molecular weight is 261 g/mol. The highest BCUT2D eigenvalue weighted by Crippen LogP contribution is 2.26. The fraction of sp³-hybridized carbons (Fsp3) is 0.417. The summed E-state index contributed by atoms with van der Waals surface area (Å²) in [7, 11) is 0. The third-order valence-electron chi connectivity index (χ3n) is 3.45. The molecule has 1 aliphatic rings. The maximum Gasteiger partial charge on any atom is 0.407 e. The van der Waals surface area contributed by atoms with E-state index in [-0.39, 0.29) is 5.92 Å². The summed E-state index contributed by atoms with van der Waals surface area (Å²) in [5, 5.41) is 9.05. The lowest BCUT2D eigenvalue weighted by Crippen LogP contribution is -2.38. The summed E-state index contributed by atoms with van der Waals surface area (Å²) < 4.78 is 0. The van der Waals surface area contributed by atoms with Gasteiger partial charge in [-0.1, -0.05) is 0 Å². The van der Waals surface area contributed by atoms with E-state index in [1.807, 2.05) is 0 Å². The highest BCUT2D eigenvalue weighted by Gasteiger charge is 2.26. The summed E-state index contributed by atoms with van der Waals surface area (Å²) in [6, 6.07) is 1.76. The number of rotatable bonds is 1. The van der Waals surface area contributed by atoms with Crippen LogP contribution in [-0.4, -0.2) is 44.1 Å². The van der Waals surface area contributed by atoms with Crippen LogP contribution in [0.4, 0.5) is 10.5 Å². The molecule has 0 saturated carbocycles. The molecule has 1 unspecified atom stereocenters. The van der Waals surface area contributed by atoms with Crippen molar-refractivity contribution in [3.63, 3.8) is 0 Å². The summed E-state index contributed by atoms with van der Waals surface area (Å²) >= 11 is 0. The van der Waals surface area contributed by atoms with E-state index in [1.165, 1.54) is 4.90 Å². The fourth-order valence-electron chi connectivity index (χ4n) is 2.50. The summed E-state index contributed by atoms with van der Waals surface area (Å²) in [4.78, 5) is 24.3. The molecule has 1 atom stereocenters. The van der Waals surface area contributed by atoms with Crippen molar-refractivity contribution in [2.75, 3.05) is 18.8 Å². The van der Waals surface area contributed by atoms with E-state index in [4.69, 9.17) is 10.8 Å². The number of imidazole rings is 1. The molecule has 19 heavy (non-hydrogen) atoms. The predicted octanol–water partition coefficient (Wildman–Crippen LogP) is 1.40. The zero-order valence-electron chi connectivity index (χ0n) is 10.3. The number of anilines is 1. The van der Waals surface area contributed by atoms with Crippen molar-refractivity contribution in [3.8, 4) is 0 Å². The van der Waals surface area contributed by atoms with E-state index in [2.05, 4.69) is 15.0 Å². The Kier molecular flexibility index (Phi) is 2.73. The van der Waals surface area contributed by atoms with Gasteiger partial charge in [-0.25, -0.2) is 14.8 Å². The smallest absolute Gasteiger partial charge is 0.407 e. The number of carboxylic acid groups (broad SMARTS) is 1. The van der Waals surface area contributed by atoms with Crippen LogP contribution in [0, 0.1) is 0 Å². The van der Waals surface area contributed by atoms with Crippen LogP contribution in [0.5, 0.6) is 0 Å². The molecule has 0 spiro atoms. The number of nitrogen functional groups attached to an aromatic ring is 1. The van der Waals surface area contributed by atoms with Crippen LogP contribution in [-0.2, 0) is 0 Å². The Hall–Kier alpha value is -2.31. The lowest BCUT2D eigenvalue weighted by molar-refractivity contribution is 0.129. The first-order chi connectivity index (χ1) is 9.13. The second kappa shape index (κ2) is 4.42. The SMILES string of the molecule is Nc1cnc2[nH]c(C3CCCN(C(=O)O)C3)nc2c1. The van der Waals surface area contributed by atoms with Gasteiger partial charge in [0.05, 0.1) is 11.9 Å². The number of amides is 1. The quantitative estimate of drug-likeness (QED) is 0.719. The molecule has 2 aromatic rings. The van der Waals surface area contributed by atoms with Gasteiger partial charge in [0.15, 0.2) is 5.65 Å². The molecule has 1 amide bonds. The Morgan fingerprint density at radius 3 is 3.21 bits per heavy atom. The number of fused-ring (bicyclic) bond motifs is 1. The second-order valence-electron chi connectivity index (χ2n) is 4.83. The lowest BCUT2D eigenvalue weighted by atomic mass is 9.98. The average Bonchev–Trinajstić information content (AvgIpc) is 2.81. The van der Waals surface area contributed by atoms with Crippen LogP contribution in [0.15, 0.2) is 12.3 Å². The number of piperidine rings is 1. The standard InChI is InChI=1S/C12H15N5O2/c13-8-4-9-11(14-5-8)16-10(15-9)7-2-1-3-17(6-7)12(18)19/h4-5,7H,1-3,6,13H2,(H,18,19)(H,14,15,16). The topological polar surface area (TPSA) is 108 Å². The number of pyridine rings is 1. The summed E-state index contributed by atoms with van der Waals surface area (Å²) in [6.07, 6.45) is 2.49. The van der Waals surface area contributed by atoms with Gasteiger partial charge in [0, 0.05) is 19.0 Å². The lowest BCUT2D eigenvalue weighted by Gasteiger charge is -2.29. The molecular formula is C12H15N5O2. The van der Waals surface area contributed by atoms with Gasteiger partial charge in [-0.2, -0.15) is 0 Å². The molecular weight excluding hydrogens is 246 g/mol. The Morgan fingerprint density at radius 2 is 2.42 bits per heavy atom. The molecule has 0 bridgehead atoms. The normalized spacial score (nSPS) is 19.8. The van der Waals surface area contributed by atoms with Gasteiger partial charge in [-0.15, -0.1) is 0 Å². The van der Waals surface area contributed by atoms with Gasteiger partial charge < -0.3 is 20.7 Å². The van der Waals surface area contributed by atoms with E-state index >= 15 is 0 Å². The Balaban J connectivity index is 1.89. The third kappa shape index (κ3) is 2.18. The second-order valence-corrected chi connectivity index (χ2v) is 4.83. The number of nitrogens with zero attached hydrogens (tertiary/aromatic N) is 3. The zero-order valence-corrected chi connectivity index (χ0v) is 10.3. The largest absolute Gasteiger partial charge is 0.465 e. The van der Waals surface area contributed by atoms with Crippen molar-refractivity contribution in [2.24, 2.45) is 0 Å². The van der Waals surface area contributed by atoms with E-state index < -0.39 is 6.09 Å². The van der Waals surface area contributed by atoms with Crippen LogP contribution in [0.3, 0.4) is 0 Å². The number of nitrogens with two attached hydrogens (primary N) is 1. The van der Waals surface area contributed by atoms with Crippen molar-refractivity contribution >= 4 is 22.9 Å². The molecule has 0 aromatic carbocycles. The molecule has 7 nitrogen and oxygen atoms in total. The molecule has 3 heterocycles. The van der Waals surface area contributed by atoms with Gasteiger partial charge in [0.1, 0.15) is 11.3 Å². The molecule has 1 aliphatic heterocycles. The monoisotopic (exact) mass is 261 g/mol. The minimum atomic E-state index is -0.872. The number of aromatic amines is 1. The van der Waals surface area contributed by atoms with Crippen LogP contribution >= 0.6 is 0 Å². The third-order valence-corrected chi connectivity index (χ3v) is 3.45. The minimum Gasteiger partial charge on any atom is -0.465 e. The first-order valence-electron chi connectivity index (χ1n) is 6.22. The van der Waals surface area contributed by atoms with Crippen LogP contribution in [0.2, 0.25) is 0 Å². The molecule has 0 aliphatic carbocycles. The number of likely N-dealkylation sites (tertiary alicyclic amines) is 1. The maximum absolute atomic E-state index is 11.0. The minimum absolute atomic E-state index is 0.0975. The summed E-state index contributed by atoms with van der Waals surface area (Å²) in [5.41, 5.74) is 7.66. The number of H-pyrrole nitrogens is 1. The molecule has 7 heteroatoms. The summed E-state index contributed by atoms with van der Waals surface area (Å²) in [5.74, 6) is 0.888. The molecule has 1 saturated heterocycles. The number of hydrogen-bond acceptors (Lipinski definition) is 4. The highest BCUT2D eigenvalue weighted by molar-refractivity contribution is 5.74. The molecule has 2 aromatic heterocycles. The number of aromatic nitrogens is 3. The van der Waals surface area contributed by atoms with Crippen molar-refractivity contribution in [2.45, 2.75) is 18.8 Å². The maximum atomic E-state index is 11.0. The van der Waals surface area contributed by atoms with Gasteiger partial charge in [-0.05, 0) is 18.9 Å². The Morgan fingerprint density at radius 1 is 1.58 bits per heavy atom. The van der Waals surface area contributed by atoms with Gasteiger partial charge in [0.25, 0.3) is 0 Å². The number of nitrogens with one attached hydrogen (secondary N) is 1. The van der Waals surface area contributed by atoms with Gasteiger partial charge in [-0.3, -0.25) is 0 Å². The van der Waals surface area contributed by atoms with Crippen LogP contribution < -0.4 is 5.73 Å². The van der Waals surface area contributed by atoms with Crippen molar-refractivity contribution in [3.05, 3.63) is 18.1 Å². The van der Waals surface area contributed by atoms with Crippen molar-refractivity contribution in [1.82, 2.24) is 19.9 Å². The number of hydrogen-bond donors (Lipinski definition) is 3. The van der Waals surface area contributed by atoms with E-state index in [0.29, 0.717) is 24.4 Å². The predicted molar refractivity (Wildman–Crippen MR) is 69.9 cm³/mol. The van der Waals surface area contributed by atoms with Crippen molar-refractivity contribution in [1.29, 1.82) is 0 Å². The molecule has 0 radical (unpaired) electrons. The van der Waals surface area contributed by atoms with Crippen LogP contribution in [0.25, 0.3) is 11.2 Å². The van der Waals surface area contributed by atoms with E-state index in [1.54, 1.807) is 12.3 Å². The number of carbonyl (C=O) groups is 1. The molecule has 100 valence electrons. The van der Waals surface area contributed by atoms with E-state index in [9.17, 15) is 4.79 Å². The molecule has 3 rings (SSSR count). The Bertz CT molecular complexity index is 624. The van der Waals surface area contributed by atoms with Crippen molar-refractivity contribution < 1.29 is 9.90 Å². The summed E-state index contributed by atoms with van der Waals surface area (Å²) in [6.45, 7) is 1.07. The fourth-order valence-corrected chi connectivity index (χ4v) is 2.50. The first kappa shape index (κ1) is 11.8. The van der Waals surface area contributed by atoms with Crippen LogP contribution in [0.1, 0.15) is 24.6 Å². The van der Waals surface area contributed by atoms with Gasteiger partial charge >= 0.3 is 6.09 Å². The van der Waals surface area contributed by atoms with E-state index in [0.717, 1.165) is 24.2 Å². The van der Waals surface area contributed by atoms with Gasteiger partial charge in [0.2, 0.25) is 0 Å². The Labute approximate surface area is 109 Å². The zero-order chi connectivity index (χ0) is 13.4. The molecule has 4 N–H and O–H groups in total. The first-order valence-corrected chi connectivity index (χ1v) is 6.22.